The van der Waals surface area contributed by atoms with E-state index >= 15 is 0 Å². The van der Waals surface area contributed by atoms with Crippen LogP contribution in [0.3, 0.4) is 0 Å². The molecule has 0 atom stereocenters. The minimum absolute atomic E-state index is 0.0980. The molecule has 0 saturated carbocycles. The van der Waals surface area contributed by atoms with E-state index in [-0.39, 0.29) is 11.7 Å². The molecular weight excluding hydrogens is 360 g/mol. The van der Waals surface area contributed by atoms with E-state index in [1.165, 1.54) is 29.8 Å². The Labute approximate surface area is 154 Å². The van der Waals surface area contributed by atoms with Crippen LogP contribution in [0.2, 0.25) is 0 Å². The molecule has 0 unspecified atom stereocenters. The fraction of sp³-hybridized carbons (Fsp3) is 0.235. The number of esters is 1. The predicted octanol–water partition coefficient (Wildman–Crippen LogP) is 3.66. The van der Waals surface area contributed by atoms with E-state index in [9.17, 15) is 9.59 Å². The molecule has 6 nitrogen and oxygen atoms in total. The van der Waals surface area contributed by atoms with Crippen molar-refractivity contribution < 1.29 is 18.7 Å². The number of ether oxygens (including phenoxy) is 1. The second kappa shape index (κ2) is 8.59. The topological polar surface area (TPSA) is 80.6 Å². The van der Waals surface area contributed by atoms with Gasteiger partial charge in [0.25, 0.3) is 0 Å². The van der Waals surface area contributed by atoms with Crippen molar-refractivity contribution in [3.05, 3.63) is 46.2 Å². The van der Waals surface area contributed by atoms with Gasteiger partial charge in [0.15, 0.2) is 5.11 Å². The number of amides is 1. The molecule has 2 aromatic heterocycles. The van der Waals surface area contributed by atoms with Crippen LogP contribution in [0, 0.1) is 13.8 Å². The summed E-state index contributed by atoms with van der Waals surface area (Å²) >= 11 is 6.52. The third-order valence-corrected chi connectivity index (χ3v) is 4.60. The standard InChI is InChI=1S/C17H18N2O4S2/c1-4-22-16(21)14-10(2)11(3)25-15(14)19-17(24)18-13(20)8-7-12-6-5-9-23-12/h5-9H,4H2,1-3H3,(H2,18,19,20,24)/b8-7+. The number of carbonyl (C=O) groups excluding carboxylic acids is 2. The van der Waals surface area contributed by atoms with E-state index < -0.39 is 11.9 Å². The number of thiocarbonyl (C=S) groups is 1. The molecule has 0 aliphatic carbocycles. The molecule has 25 heavy (non-hydrogen) atoms. The molecule has 2 rings (SSSR count). The number of hydrogen-bond donors (Lipinski definition) is 2. The van der Waals surface area contributed by atoms with Crippen molar-refractivity contribution in [1.82, 2.24) is 5.32 Å². The van der Waals surface area contributed by atoms with Gasteiger partial charge in [0.05, 0.1) is 18.4 Å². The van der Waals surface area contributed by atoms with Crippen molar-refractivity contribution in [2.45, 2.75) is 20.8 Å². The molecule has 2 aromatic rings. The zero-order valence-corrected chi connectivity index (χ0v) is 15.7. The van der Waals surface area contributed by atoms with Gasteiger partial charge < -0.3 is 14.5 Å². The molecule has 1 amide bonds. The molecule has 0 bridgehead atoms. The molecule has 0 aliphatic heterocycles. The van der Waals surface area contributed by atoms with Gasteiger partial charge in [-0.25, -0.2) is 4.79 Å². The Bertz CT molecular complexity index is 807. The lowest BCUT2D eigenvalue weighted by Gasteiger charge is -2.09. The second-order valence-electron chi connectivity index (χ2n) is 5.00. The van der Waals surface area contributed by atoms with Crippen LogP contribution in [0.5, 0.6) is 0 Å². The van der Waals surface area contributed by atoms with Gasteiger partial charge in [-0.1, -0.05) is 0 Å². The van der Waals surface area contributed by atoms with E-state index in [2.05, 4.69) is 10.6 Å². The summed E-state index contributed by atoms with van der Waals surface area (Å²) in [6.07, 6.45) is 4.35. The average Bonchev–Trinajstić information content (AvgIpc) is 3.14. The van der Waals surface area contributed by atoms with Crippen LogP contribution in [-0.4, -0.2) is 23.6 Å². The molecule has 2 N–H and O–H groups in total. The number of nitrogens with one attached hydrogen (secondary N) is 2. The first-order chi connectivity index (χ1) is 11.9. The van der Waals surface area contributed by atoms with Crippen LogP contribution in [0.15, 0.2) is 28.9 Å². The quantitative estimate of drug-likeness (QED) is 0.469. The number of hydrogen-bond acceptors (Lipinski definition) is 6. The summed E-state index contributed by atoms with van der Waals surface area (Å²) in [6, 6.07) is 3.45. The third-order valence-electron chi connectivity index (χ3n) is 3.27. The first-order valence-corrected chi connectivity index (χ1v) is 8.75. The highest BCUT2D eigenvalue weighted by Crippen LogP contribution is 2.32. The Balaban J connectivity index is 2.04. The number of carbonyl (C=O) groups is 2. The summed E-state index contributed by atoms with van der Waals surface area (Å²) in [5, 5.41) is 6.07. The zero-order valence-electron chi connectivity index (χ0n) is 14.0. The smallest absolute Gasteiger partial charge is 0.341 e. The molecule has 0 radical (unpaired) electrons. The number of rotatable bonds is 5. The molecule has 0 aliphatic rings. The molecule has 2 heterocycles. The van der Waals surface area contributed by atoms with E-state index in [1.54, 1.807) is 19.1 Å². The van der Waals surface area contributed by atoms with E-state index in [0.717, 1.165) is 10.4 Å². The van der Waals surface area contributed by atoms with Crippen molar-refractivity contribution in [2.24, 2.45) is 0 Å². The van der Waals surface area contributed by atoms with Crippen molar-refractivity contribution in [1.29, 1.82) is 0 Å². The third kappa shape index (κ3) is 5.01. The molecule has 0 spiro atoms. The van der Waals surface area contributed by atoms with Gasteiger partial charge in [-0.3, -0.25) is 10.1 Å². The minimum atomic E-state index is -0.418. The minimum Gasteiger partial charge on any atom is -0.465 e. The maximum Gasteiger partial charge on any atom is 0.341 e. The highest BCUT2D eigenvalue weighted by atomic mass is 32.1. The van der Waals surface area contributed by atoms with Gasteiger partial charge in [-0.15, -0.1) is 11.3 Å². The number of thiophene rings is 1. The molecular formula is C17H18N2O4S2. The van der Waals surface area contributed by atoms with Gasteiger partial charge in [0.2, 0.25) is 5.91 Å². The number of aryl methyl sites for hydroxylation is 1. The van der Waals surface area contributed by atoms with Crippen molar-refractivity contribution in [2.75, 3.05) is 11.9 Å². The lowest BCUT2D eigenvalue weighted by atomic mass is 10.1. The normalized spacial score (nSPS) is 10.7. The largest absolute Gasteiger partial charge is 0.465 e. The summed E-state index contributed by atoms with van der Waals surface area (Å²) in [6.45, 7) is 5.78. The summed E-state index contributed by atoms with van der Waals surface area (Å²) in [4.78, 5) is 25.0. The lowest BCUT2D eigenvalue weighted by Crippen LogP contribution is -2.33. The summed E-state index contributed by atoms with van der Waals surface area (Å²) < 4.78 is 10.2. The number of furan rings is 1. The highest BCUT2D eigenvalue weighted by molar-refractivity contribution is 7.80. The van der Waals surface area contributed by atoms with Crippen LogP contribution in [0.1, 0.15) is 33.5 Å². The van der Waals surface area contributed by atoms with E-state index in [0.29, 0.717) is 16.3 Å². The Morgan fingerprint density at radius 1 is 1.40 bits per heavy atom. The summed E-state index contributed by atoms with van der Waals surface area (Å²) in [5.41, 5.74) is 1.27. The van der Waals surface area contributed by atoms with E-state index in [4.69, 9.17) is 21.4 Å². The fourth-order valence-corrected chi connectivity index (χ4v) is 3.32. The Morgan fingerprint density at radius 2 is 2.16 bits per heavy atom. The van der Waals surface area contributed by atoms with Crippen molar-refractivity contribution in [3.63, 3.8) is 0 Å². The highest BCUT2D eigenvalue weighted by Gasteiger charge is 2.21. The summed E-state index contributed by atoms with van der Waals surface area (Å²) in [5.74, 6) is -0.265. The predicted molar refractivity (Wildman–Crippen MR) is 102 cm³/mol. The maximum absolute atomic E-state index is 12.1. The van der Waals surface area contributed by atoms with Gasteiger partial charge in [0.1, 0.15) is 10.8 Å². The van der Waals surface area contributed by atoms with Crippen LogP contribution < -0.4 is 10.6 Å². The zero-order chi connectivity index (χ0) is 18.4. The Hall–Kier alpha value is -2.45. The van der Waals surface area contributed by atoms with Gasteiger partial charge in [0, 0.05) is 11.0 Å². The Morgan fingerprint density at radius 3 is 2.80 bits per heavy atom. The lowest BCUT2D eigenvalue weighted by molar-refractivity contribution is -0.115. The summed E-state index contributed by atoms with van der Waals surface area (Å²) in [7, 11) is 0. The molecule has 132 valence electrons. The van der Waals surface area contributed by atoms with Crippen LogP contribution in [-0.2, 0) is 9.53 Å². The monoisotopic (exact) mass is 378 g/mol. The van der Waals surface area contributed by atoms with Crippen LogP contribution in [0.25, 0.3) is 6.08 Å². The maximum atomic E-state index is 12.1. The molecule has 0 fully saturated rings. The SMILES string of the molecule is CCOC(=O)c1c(NC(=S)NC(=O)/C=C/c2ccco2)sc(C)c1C. The van der Waals surface area contributed by atoms with Gasteiger partial charge >= 0.3 is 5.97 Å². The average molecular weight is 378 g/mol. The van der Waals surface area contributed by atoms with Crippen molar-refractivity contribution in [3.8, 4) is 0 Å². The van der Waals surface area contributed by atoms with Crippen LogP contribution in [0.4, 0.5) is 5.00 Å². The van der Waals surface area contributed by atoms with Gasteiger partial charge in [-0.2, -0.15) is 0 Å². The molecule has 8 heteroatoms. The fourth-order valence-electron chi connectivity index (χ4n) is 2.00. The van der Waals surface area contributed by atoms with E-state index in [1.807, 2.05) is 13.8 Å². The first-order valence-electron chi connectivity index (χ1n) is 7.53. The van der Waals surface area contributed by atoms with Crippen LogP contribution >= 0.6 is 23.6 Å². The Kier molecular flexibility index (Phi) is 6.49. The molecule has 0 saturated heterocycles. The molecule has 0 aromatic carbocycles. The second-order valence-corrected chi connectivity index (χ2v) is 6.63. The van der Waals surface area contributed by atoms with Crippen molar-refractivity contribution >= 4 is 51.6 Å². The van der Waals surface area contributed by atoms with Gasteiger partial charge in [-0.05, 0) is 56.8 Å². The first kappa shape index (κ1) is 18.9. The number of anilines is 1.